The Morgan fingerprint density at radius 2 is 1.70 bits per heavy atom. The van der Waals surface area contributed by atoms with Crippen molar-refractivity contribution in [2.45, 2.75) is 20.3 Å². The average molecular weight is 332 g/mol. The van der Waals surface area contributed by atoms with Crippen LogP contribution in [0.1, 0.15) is 28.4 Å². The number of anilines is 2. The lowest BCUT2D eigenvalue weighted by atomic mass is 10.1. The Morgan fingerprint density at radius 3 is 2.35 bits per heavy atom. The number of amides is 1. The van der Waals surface area contributed by atoms with Crippen molar-refractivity contribution in [3.63, 3.8) is 0 Å². The molecule has 0 radical (unpaired) electrons. The summed E-state index contributed by atoms with van der Waals surface area (Å²) in [7, 11) is -3.39. The molecule has 122 valence electrons. The number of hydrogen-bond donors (Lipinski definition) is 2. The summed E-state index contributed by atoms with van der Waals surface area (Å²) < 4.78 is 25.2. The molecule has 0 bridgehead atoms. The molecule has 2 rings (SSSR count). The summed E-state index contributed by atoms with van der Waals surface area (Å²) in [5.74, 6) is -0.263. The van der Waals surface area contributed by atoms with Crippen molar-refractivity contribution in [1.82, 2.24) is 0 Å². The van der Waals surface area contributed by atoms with Crippen molar-refractivity contribution in [3.05, 3.63) is 59.2 Å². The summed E-state index contributed by atoms with van der Waals surface area (Å²) in [6.07, 6.45) is 1.89. The zero-order chi connectivity index (χ0) is 17.0. The Balaban J connectivity index is 2.31. The number of benzene rings is 2. The summed E-state index contributed by atoms with van der Waals surface area (Å²) in [4.78, 5) is 12.5. The fourth-order valence-corrected chi connectivity index (χ4v) is 2.95. The number of aryl methyl sites for hydroxylation is 1. The lowest BCUT2D eigenvalue weighted by Gasteiger charge is -2.14. The van der Waals surface area contributed by atoms with Crippen LogP contribution < -0.4 is 10.0 Å². The van der Waals surface area contributed by atoms with E-state index in [1.807, 2.05) is 31.2 Å². The molecule has 23 heavy (non-hydrogen) atoms. The van der Waals surface area contributed by atoms with Gasteiger partial charge in [-0.2, -0.15) is 0 Å². The fraction of sp³-hybridized carbons (Fsp3) is 0.235. The summed E-state index contributed by atoms with van der Waals surface area (Å²) in [5, 5.41) is 2.89. The van der Waals surface area contributed by atoms with Crippen LogP contribution in [-0.4, -0.2) is 20.6 Å². The van der Waals surface area contributed by atoms with Crippen LogP contribution in [-0.2, 0) is 16.4 Å². The first-order chi connectivity index (χ1) is 10.8. The SMILES string of the molecule is CCc1ccccc1NC(=O)c1cccc(NS(C)(=O)=O)c1C. The molecule has 0 atom stereocenters. The molecule has 0 aromatic heterocycles. The number of para-hydroxylation sites is 1. The molecule has 0 fully saturated rings. The van der Waals surface area contributed by atoms with E-state index in [1.165, 1.54) is 0 Å². The number of sulfonamides is 1. The van der Waals surface area contributed by atoms with Gasteiger partial charge in [0, 0.05) is 11.3 Å². The highest BCUT2D eigenvalue weighted by Crippen LogP contribution is 2.22. The minimum Gasteiger partial charge on any atom is -0.322 e. The van der Waals surface area contributed by atoms with Gasteiger partial charge in [0.1, 0.15) is 0 Å². The number of carbonyl (C=O) groups excluding carboxylic acids is 1. The average Bonchev–Trinajstić information content (AvgIpc) is 2.48. The molecule has 0 aliphatic carbocycles. The van der Waals surface area contributed by atoms with Gasteiger partial charge in [0.25, 0.3) is 5.91 Å². The molecule has 0 aliphatic heterocycles. The van der Waals surface area contributed by atoms with Crippen LogP contribution in [0.15, 0.2) is 42.5 Å². The molecular formula is C17H20N2O3S. The normalized spacial score (nSPS) is 11.1. The van der Waals surface area contributed by atoms with Gasteiger partial charge in [-0.25, -0.2) is 8.42 Å². The highest BCUT2D eigenvalue weighted by Gasteiger charge is 2.14. The zero-order valence-electron chi connectivity index (χ0n) is 13.4. The van der Waals surface area contributed by atoms with Crippen LogP contribution in [0.25, 0.3) is 0 Å². The quantitative estimate of drug-likeness (QED) is 0.883. The van der Waals surface area contributed by atoms with Gasteiger partial charge >= 0.3 is 0 Å². The molecule has 0 spiro atoms. The van der Waals surface area contributed by atoms with E-state index in [4.69, 9.17) is 0 Å². The predicted octanol–water partition coefficient (Wildman–Crippen LogP) is 3.18. The van der Waals surface area contributed by atoms with E-state index in [0.29, 0.717) is 16.8 Å². The van der Waals surface area contributed by atoms with Crippen molar-refractivity contribution >= 4 is 27.3 Å². The van der Waals surface area contributed by atoms with Gasteiger partial charge in [-0.1, -0.05) is 31.2 Å². The molecule has 5 nitrogen and oxygen atoms in total. The second-order valence-corrected chi connectivity index (χ2v) is 7.07. The number of carbonyl (C=O) groups is 1. The largest absolute Gasteiger partial charge is 0.322 e. The van der Waals surface area contributed by atoms with E-state index in [1.54, 1.807) is 25.1 Å². The first-order valence-corrected chi connectivity index (χ1v) is 9.17. The van der Waals surface area contributed by atoms with Crippen molar-refractivity contribution in [1.29, 1.82) is 0 Å². The van der Waals surface area contributed by atoms with E-state index in [9.17, 15) is 13.2 Å². The number of hydrogen-bond acceptors (Lipinski definition) is 3. The molecule has 2 N–H and O–H groups in total. The highest BCUT2D eigenvalue weighted by molar-refractivity contribution is 7.92. The van der Waals surface area contributed by atoms with Crippen molar-refractivity contribution in [2.24, 2.45) is 0 Å². The molecule has 0 aliphatic rings. The Labute approximate surface area is 136 Å². The Bertz CT molecular complexity index is 829. The zero-order valence-corrected chi connectivity index (χ0v) is 14.2. The van der Waals surface area contributed by atoms with E-state index in [0.717, 1.165) is 23.9 Å². The van der Waals surface area contributed by atoms with Gasteiger partial charge in [-0.15, -0.1) is 0 Å². The van der Waals surface area contributed by atoms with Crippen LogP contribution in [0.5, 0.6) is 0 Å². The molecule has 0 unspecified atom stereocenters. The molecule has 0 heterocycles. The van der Waals surface area contributed by atoms with E-state index >= 15 is 0 Å². The Kier molecular flexibility index (Phi) is 5.05. The lowest BCUT2D eigenvalue weighted by Crippen LogP contribution is -2.17. The molecular weight excluding hydrogens is 312 g/mol. The lowest BCUT2D eigenvalue weighted by molar-refractivity contribution is 0.102. The summed E-state index contributed by atoms with van der Waals surface area (Å²) in [5.41, 5.74) is 3.24. The van der Waals surface area contributed by atoms with Gasteiger partial charge in [0.2, 0.25) is 10.0 Å². The van der Waals surface area contributed by atoms with Crippen LogP contribution in [0.2, 0.25) is 0 Å². The third-order valence-corrected chi connectivity index (χ3v) is 4.11. The molecule has 6 heteroatoms. The first-order valence-electron chi connectivity index (χ1n) is 7.28. The Hall–Kier alpha value is -2.34. The van der Waals surface area contributed by atoms with Crippen molar-refractivity contribution in [3.8, 4) is 0 Å². The van der Waals surface area contributed by atoms with Crippen molar-refractivity contribution < 1.29 is 13.2 Å². The number of nitrogens with one attached hydrogen (secondary N) is 2. The van der Waals surface area contributed by atoms with Crippen LogP contribution >= 0.6 is 0 Å². The molecule has 2 aromatic rings. The smallest absolute Gasteiger partial charge is 0.256 e. The standard InChI is InChI=1S/C17H20N2O3S/c1-4-13-8-5-6-10-16(13)18-17(20)14-9-7-11-15(12(14)2)19-23(3,21)22/h5-11,19H,4H2,1-3H3,(H,18,20). The molecule has 2 aromatic carbocycles. The van der Waals surface area contributed by atoms with Crippen LogP contribution in [0.3, 0.4) is 0 Å². The van der Waals surface area contributed by atoms with Crippen LogP contribution in [0, 0.1) is 6.92 Å². The molecule has 1 amide bonds. The van der Waals surface area contributed by atoms with Gasteiger partial charge < -0.3 is 5.32 Å². The minimum atomic E-state index is -3.39. The topological polar surface area (TPSA) is 75.3 Å². The molecule has 0 saturated heterocycles. The second kappa shape index (κ2) is 6.83. The monoisotopic (exact) mass is 332 g/mol. The predicted molar refractivity (Wildman–Crippen MR) is 93.4 cm³/mol. The number of rotatable bonds is 5. The maximum atomic E-state index is 12.5. The molecule has 0 saturated carbocycles. The summed E-state index contributed by atoms with van der Waals surface area (Å²) >= 11 is 0. The minimum absolute atomic E-state index is 0.263. The van der Waals surface area contributed by atoms with Crippen molar-refractivity contribution in [2.75, 3.05) is 16.3 Å². The third-order valence-electron chi connectivity index (χ3n) is 3.52. The Morgan fingerprint density at radius 1 is 1.04 bits per heavy atom. The first kappa shape index (κ1) is 17.0. The van der Waals surface area contributed by atoms with Gasteiger partial charge in [0.15, 0.2) is 0 Å². The highest BCUT2D eigenvalue weighted by atomic mass is 32.2. The van der Waals surface area contributed by atoms with Gasteiger partial charge in [-0.3, -0.25) is 9.52 Å². The van der Waals surface area contributed by atoms with Crippen LogP contribution in [0.4, 0.5) is 11.4 Å². The maximum absolute atomic E-state index is 12.5. The van der Waals surface area contributed by atoms with E-state index in [2.05, 4.69) is 10.0 Å². The van der Waals surface area contributed by atoms with E-state index < -0.39 is 10.0 Å². The van der Waals surface area contributed by atoms with E-state index in [-0.39, 0.29) is 5.91 Å². The third kappa shape index (κ3) is 4.32. The second-order valence-electron chi connectivity index (χ2n) is 5.32. The fourth-order valence-electron chi connectivity index (χ4n) is 2.33. The van der Waals surface area contributed by atoms with Gasteiger partial charge in [-0.05, 0) is 42.7 Å². The van der Waals surface area contributed by atoms with Gasteiger partial charge in [0.05, 0.1) is 11.9 Å². The summed E-state index contributed by atoms with van der Waals surface area (Å²) in [6, 6.07) is 12.6. The maximum Gasteiger partial charge on any atom is 0.256 e. The summed E-state index contributed by atoms with van der Waals surface area (Å²) in [6.45, 7) is 3.74.